The predicted molar refractivity (Wildman–Crippen MR) is 77.8 cm³/mol. The van der Waals surface area contributed by atoms with Crippen LogP contribution < -0.4 is 10.6 Å². The van der Waals surface area contributed by atoms with E-state index in [1.807, 2.05) is 0 Å². The molecule has 0 aliphatic carbocycles. The van der Waals surface area contributed by atoms with Crippen molar-refractivity contribution in [2.45, 2.75) is 82.3 Å². The Balaban J connectivity index is 1.92. The third kappa shape index (κ3) is 3.87. The second-order valence-corrected chi connectivity index (χ2v) is 8.71. The molecule has 2 fully saturated rings. The highest BCUT2D eigenvalue weighted by atomic mass is 32.2. The van der Waals surface area contributed by atoms with E-state index in [-0.39, 0.29) is 11.1 Å². The maximum atomic E-state index is 3.90. The zero-order chi connectivity index (χ0) is 12.7. The van der Waals surface area contributed by atoms with E-state index in [9.17, 15) is 0 Å². The van der Waals surface area contributed by atoms with Crippen LogP contribution in [0.1, 0.15) is 53.9 Å². The number of nitrogens with one attached hydrogen (secondary N) is 2. The maximum Gasteiger partial charge on any atom is 0.0171 e. The fourth-order valence-corrected chi connectivity index (χ4v) is 4.87. The second-order valence-electron chi connectivity index (χ2n) is 7.24. The van der Waals surface area contributed by atoms with Crippen LogP contribution in [0.3, 0.4) is 0 Å². The lowest BCUT2D eigenvalue weighted by Gasteiger charge is -2.47. The minimum atomic E-state index is 0.261. The number of rotatable bonds is 2. The highest BCUT2D eigenvalue weighted by Crippen LogP contribution is 2.31. The van der Waals surface area contributed by atoms with Gasteiger partial charge in [-0.05, 0) is 47.0 Å². The molecule has 0 aromatic heterocycles. The molecule has 2 unspecified atom stereocenters. The van der Waals surface area contributed by atoms with E-state index in [2.05, 4.69) is 57.0 Å². The standard InChI is InChI=1S/C14H28N2S/c1-10-6-11(9-17-10)15-12-7-13(2,3)16-14(4,5)8-12/h10-12,15-16H,6-9H2,1-5H3. The summed E-state index contributed by atoms with van der Waals surface area (Å²) in [6.07, 6.45) is 3.83. The average Bonchev–Trinajstić information content (AvgIpc) is 2.44. The van der Waals surface area contributed by atoms with Gasteiger partial charge in [0.1, 0.15) is 0 Å². The van der Waals surface area contributed by atoms with Gasteiger partial charge in [-0.3, -0.25) is 0 Å². The molecule has 2 aliphatic rings. The van der Waals surface area contributed by atoms with Crippen LogP contribution in [0, 0.1) is 0 Å². The summed E-state index contributed by atoms with van der Waals surface area (Å²) in [7, 11) is 0. The van der Waals surface area contributed by atoms with Gasteiger partial charge in [-0.15, -0.1) is 0 Å². The van der Waals surface area contributed by atoms with Gasteiger partial charge in [-0.2, -0.15) is 11.8 Å². The zero-order valence-corrected chi connectivity index (χ0v) is 12.8. The fraction of sp³-hybridized carbons (Fsp3) is 1.00. The van der Waals surface area contributed by atoms with Crippen molar-refractivity contribution in [1.29, 1.82) is 0 Å². The summed E-state index contributed by atoms with van der Waals surface area (Å²) in [6, 6.07) is 1.42. The Morgan fingerprint density at radius 1 is 1.06 bits per heavy atom. The summed E-state index contributed by atoms with van der Waals surface area (Å²) < 4.78 is 0. The van der Waals surface area contributed by atoms with Gasteiger partial charge >= 0.3 is 0 Å². The molecule has 0 saturated carbocycles. The summed E-state index contributed by atoms with van der Waals surface area (Å²) in [4.78, 5) is 0. The SMILES string of the molecule is CC1CC(NC2CC(C)(C)NC(C)(C)C2)CS1. The van der Waals surface area contributed by atoms with Crippen molar-refractivity contribution >= 4 is 11.8 Å². The molecule has 2 rings (SSSR count). The first-order valence-corrected chi connectivity index (χ1v) is 7.98. The van der Waals surface area contributed by atoms with Crippen molar-refractivity contribution in [1.82, 2.24) is 10.6 Å². The Labute approximate surface area is 111 Å². The van der Waals surface area contributed by atoms with Crippen LogP contribution in [0.15, 0.2) is 0 Å². The molecule has 100 valence electrons. The lowest BCUT2D eigenvalue weighted by Crippen LogP contribution is -2.62. The van der Waals surface area contributed by atoms with E-state index in [1.54, 1.807) is 0 Å². The van der Waals surface area contributed by atoms with Crippen LogP contribution in [0.5, 0.6) is 0 Å². The van der Waals surface area contributed by atoms with E-state index in [0.717, 1.165) is 11.3 Å². The molecule has 0 aromatic rings. The molecule has 0 spiro atoms. The number of hydrogen-bond acceptors (Lipinski definition) is 3. The topological polar surface area (TPSA) is 24.1 Å². The van der Waals surface area contributed by atoms with Crippen molar-refractivity contribution in [3.8, 4) is 0 Å². The molecule has 0 aromatic carbocycles. The first-order valence-electron chi connectivity index (χ1n) is 6.93. The average molecular weight is 256 g/mol. The highest BCUT2D eigenvalue weighted by molar-refractivity contribution is 8.00. The molecule has 2 atom stereocenters. The molecule has 2 nitrogen and oxygen atoms in total. The molecule has 2 N–H and O–H groups in total. The van der Waals surface area contributed by atoms with Crippen molar-refractivity contribution in [3.63, 3.8) is 0 Å². The maximum absolute atomic E-state index is 3.90. The minimum absolute atomic E-state index is 0.261. The summed E-state index contributed by atoms with van der Waals surface area (Å²) >= 11 is 2.12. The highest BCUT2D eigenvalue weighted by Gasteiger charge is 2.38. The quantitative estimate of drug-likeness (QED) is 0.794. The van der Waals surface area contributed by atoms with Gasteiger partial charge in [-0.25, -0.2) is 0 Å². The summed E-state index contributed by atoms with van der Waals surface area (Å²) in [6.45, 7) is 11.7. The number of piperidine rings is 1. The zero-order valence-electron chi connectivity index (χ0n) is 12.0. The Hall–Kier alpha value is 0.270. The molecule has 0 radical (unpaired) electrons. The Morgan fingerprint density at radius 3 is 2.12 bits per heavy atom. The number of thioether (sulfide) groups is 1. The van der Waals surface area contributed by atoms with Crippen molar-refractivity contribution < 1.29 is 0 Å². The Morgan fingerprint density at radius 2 is 1.65 bits per heavy atom. The molecule has 2 saturated heterocycles. The third-order valence-electron chi connectivity index (χ3n) is 3.86. The van der Waals surface area contributed by atoms with Crippen molar-refractivity contribution in [2.24, 2.45) is 0 Å². The summed E-state index contributed by atoms with van der Waals surface area (Å²) in [5, 5.41) is 8.49. The van der Waals surface area contributed by atoms with Crippen LogP contribution in [0.4, 0.5) is 0 Å². The van der Waals surface area contributed by atoms with E-state index in [1.165, 1.54) is 25.0 Å². The monoisotopic (exact) mass is 256 g/mol. The third-order valence-corrected chi connectivity index (χ3v) is 5.22. The van der Waals surface area contributed by atoms with E-state index >= 15 is 0 Å². The van der Waals surface area contributed by atoms with Crippen LogP contribution in [0.2, 0.25) is 0 Å². The molecule has 17 heavy (non-hydrogen) atoms. The molecule has 2 aliphatic heterocycles. The van der Waals surface area contributed by atoms with Gasteiger partial charge in [0.2, 0.25) is 0 Å². The predicted octanol–water partition coefficient (Wildman–Crippen LogP) is 2.78. The van der Waals surface area contributed by atoms with Gasteiger partial charge in [-0.1, -0.05) is 6.92 Å². The van der Waals surface area contributed by atoms with Gasteiger partial charge in [0.25, 0.3) is 0 Å². The molecule has 0 bridgehead atoms. The molecular weight excluding hydrogens is 228 g/mol. The van der Waals surface area contributed by atoms with Crippen LogP contribution in [-0.4, -0.2) is 34.2 Å². The molecular formula is C14H28N2S. The lowest BCUT2D eigenvalue weighted by atomic mass is 9.79. The normalized spacial score (nSPS) is 37.2. The van der Waals surface area contributed by atoms with Crippen LogP contribution >= 0.6 is 11.8 Å². The van der Waals surface area contributed by atoms with E-state index in [4.69, 9.17) is 0 Å². The van der Waals surface area contributed by atoms with Crippen molar-refractivity contribution in [2.75, 3.05) is 5.75 Å². The van der Waals surface area contributed by atoms with Crippen molar-refractivity contribution in [3.05, 3.63) is 0 Å². The van der Waals surface area contributed by atoms with Gasteiger partial charge in [0.15, 0.2) is 0 Å². The van der Waals surface area contributed by atoms with Gasteiger partial charge in [0.05, 0.1) is 0 Å². The number of hydrogen-bond donors (Lipinski definition) is 2. The molecule has 2 heterocycles. The molecule has 0 amide bonds. The van der Waals surface area contributed by atoms with Gasteiger partial charge < -0.3 is 10.6 Å². The fourth-order valence-electron chi connectivity index (χ4n) is 3.71. The van der Waals surface area contributed by atoms with Crippen LogP contribution in [0.25, 0.3) is 0 Å². The lowest BCUT2D eigenvalue weighted by molar-refractivity contribution is 0.141. The van der Waals surface area contributed by atoms with Gasteiger partial charge in [0, 0.05) is 34.2 Å². The molecule has 3 heteroatoms. The Bertz CT molecular complexity index is 259. The largest absolute Gasteiger partial charge is 0.310 e. The smallest absolute Gasteiger partial charge is 0.0171 e. The summed E-state index contributed by atoms with van der Waals surface area (Å²) in [5.41, 5.74) is 0.521. The van der Waals surface area contributed by atoms with E-state index in [0.29, 0.717) is 6.04 Å². The summed E-state index contributed by atoms with van der Waals surface area (Å²) in [5.74, 6) is 1.30. The van der Waals surface area contributed by atoms with Crippen LogP contribution in [-0.2, 0) is 0 Å². The van der Waals surface area contributed by atoms with E-state index < -0.39 is 0 Å². The first kappa shape index (κ1) is 13.7. The second kappa shape index (κ2) is 4.75. The Kier molecular flexibility index (Phi) is 3.82. The minimum Gasteiger partial charge on any atom is -0.310 e. The first-order chi connectivity index (χ1) is 7.76.